The van der Waals surface area contributed by atoms with E-state index in [4.69, 9.17) is 4.42 Å². The first-order valence-corrected chi connectivity index (χ1v) is 9.44. The van der Waals surface area contributed by atoms with Crippen LogP contribution in [0.2, 0.25) is 0 Å². The largest absolute Gasteiger partial charge is 0.456 e. The van der Waals surface area contributed by atoms with Gasteiger partial charge in [0.25, 0.3) is 5.91 Å². The summed E-state index contributed by atoms with van der Waals surface area (Å²) in [6.07, 6.45) is 0. The number of carbonyl (C=O) groups excluding carboxylic acids is 1. The summed E-state index contributed by atoms with van der Waals surface area (Å²) in [7, 11) is 0. The molecule has 0 atom stereocenters. The van der Waals surface area contributed by atoms with E-state index in [0.29, 0.717) is 22.3 Å². The molecule has 4 rings (SSSR count). The molecule has 0 fully saturated rings. The molecule has 29 heavy (non-hydrogen) atoms. The highest BCUT2D eigenvalue weighted by Crippen LogP contribution is 2.25. The third-order valence-corrected chi connectivity index (χ3v) is 4.87. The van der Waals surface area contributed by atoms with Crippen molar-refractivity contribution in [3.8, 4) is 11.3 Å². The molecule has 1 aromatic heterocycles. The molecule has 144 valence electrons. The summed E-state index contributed by atoms with van der Waals surface area (Å²) in [6.45, 7) is 5.87. The van der Waals surface area contributed by atoms with Gasteiger partial charge in [-0.2, -0.15) is 0 Å². The van der Waals surface area contributed by atoms with Crippen LogP contribution >= 0.6 is 0 Å². The number of rotatable bonds is 3. The second-order valence-electron chi connectivity index (χ2n) is 7.33. The van der Waals surface area contributed by atoms with E-state index in [1.807, 2.05) is 57.2 Å². The van der Waals surface area contributed by atoms with Crippen molar-refractivity contribution < 1.29 is 9.21 Å². The van der Waals surface area contributed by atoms with E-state index in [2.05, 4.69) is 5.32 Å². The van der Waals surface area contributed by atoms with Gasteiger partial charge in [0.15, 0.2) is 5.43 Å². The maximum absolute atomic E-state index is 12.6. The van der Waals surface area contributed by atoms with Crippen molar-refractivity contribution in [2.75, 3.05) is 5.32 Å². The Bertz CT molecular complexity index is 1280. The Labute approximate surface area is 168 Å². The second-order valence-corrected chi connectivity index (χ2v) is 7.33. The molecule has 0 radical (unpaired) electrons. The van der Waals surface area contributed by atoms with Crippen molar-refractivity contribution in [2.45, 2.75) is 20.8 Å². The molecule has 1 N–H and O–H groups in total. The highest BCUT2D eigenvalue weighted by molar-refractivity contribution is 6.04. The molecule has 4 nitrogen and oxygen atoms in total. The average Bonchev–Trinajstić information content (AvgIpc) is 2.69. The zero-order valence-electron chi connectivity index (χ0n) is 16.6. The normalized spacial score (nSPS) is 10.9. The van der Waals surface area contributed by atoms with Gasteiger partial charge in [-0.05, 0) is 67.8 Å². The van der Waals surface area contributed by atoms with Crippen molar-refractivity contribution in [3.63, 3.8) is 0 Å². The summed E-state index contributed by atoms with van der Waals surface area (Å²) in [5.41, 5.74) is 5.59. The molecule has 0 saturated carbocycles. The third kappa shape index (κ3) is 3.83. The number of hydrogen-bond acceptors (Lipinski definition) is 3. The number of hydrogen-bond donors (Lipinski definition) is 1. The number of amides is 1. The van der Waals surface area contributed by atoms with Gasteiger partial charge in [-0.3, -0.25) is 9.59 Å². The van der Waals surface area contributed by atoms with Gasteiger partial charge >= 0.3 is 0 Å². The van der Waals surface area contributed by atoms with Crippen LogP contribution in [0.5, 0.6) is 0 Å². The number of fused-ring (bicyclic) bond motifs is 1. The van der Waals surface area contributed by atoms with Gasteiger partial charge in [-0.1, -0.05) is 30.3 Å². The van der Waals surface area contributed by atoms with Gasteiger partial charge in [0.1, 0.15) is 11.3 Å². The van der Waals surface area contributed by atoms with Crippen molar-refractivity contribution in [3.05, 3.63) is 99.2 Å². The summed E-state index contributed by atoms with van der Waals surface area (Å²) < 4.78 is 6.02. The minimum Gasteiger partial charge on any atom is -0.456 e. The summed E-state index contributed by atoms with van der Waals surface area (Å²) >= 11 is 0. The van der Waals surface area contributed by atoms with E-state index in [0.717, 1.165) is 27.9 Å². The number of nitrogens with one attached hydrogen (secondary N) is 1. The highest BCUT2D eigenvalue weighted by Gasteiger charge is 2.11. The van der Waals surface area contributed by atoms with Crippen LogP contribution in [-0.2, 0) is 0 Å². The lowest BCUT2D eigenvalue weighted by Crippen LogP contribution is -2.11. The molecule has 0 unspecified atom stereocenters. The minimum absolute atomic E-state index is 0.0747. The SMILES string of the molecule is Cc1cccc(NC(=O)c2ccc(-c3cc(=O)c4cc(C)cc(C)c4o3)cc2)c1. The van der Waals surface area contributed by atoms with E-state index >= 15 is 0 Å². The summed E-state index contributed by atoms with van der Waals surface area (Å²) in [5, 5.41) is 3.48. The van der Waals surface area contributed by atoms with E-state index in [1.165, 1.54) is 6.07 Å². The lowest BCUT2D eigenvalue weighted by molar-refractivity contribution is 0.102. The first-order valence-electron chi connectivity index (χ1n) is 9.44. The van der Waals surface area contributed by atoms with Crippen LogP contribution in [0.4, 0.5) is 5.69 Å². The van der Waals surface area contributed by atoms with Gasteiger partial charge in [0.2, 0.25) is 0 Å². The maximum atomic E-state index is 12.6. The third-order valence-electron chi connectivity index (χ3n) is 4.87. The van der Waals surface area contributed by atoms with E-state index in [-0.39, 0.29) is 11.3 Å². The first kappa shape index (κ1) is 18.7. The molecule has 0 saturated heterocycles. The van der Waals surface area contributed by atoms with Gasteiger partial charge in [0.05, 0.1) is 5.39 Å². The Morgan fingerprint density at radius 1 is 0.862 bits per heavy atom. The van der Waals surface area contributed by atoms with Crippen LogP contribution < -0.4 is 10.7 Å². The molecule has 0 aliphatic rings. The topological polar surface area (TPSA) is 59.3 Å². The van der Waals surface area contributed by atoms with Gasteiger partial charge in [0, 0.05) is 22.9 Å². The van der Waals surface area contributed by atoms with Gasteiger partial charge < -0.3 is 9.73 Å². The lowest BCUT2D eigenvalue weighted by atomic mass is 10.1. The van der Waals surface area contributed by atoms with Crippen LogP contribution in [0.25, 0.3) is 22.3 Å². The standard InChI is InChI=1S/C25H21NO3/c1-15-5-4-6-20(12-15)26-25(28)19-9-7-18(8-10-19)23-14-22(27)21-13-16(2)11-17(3)24(21)29-23/h4-14H,1-3H3,(H,26,28). The summed E-state index contributed by atoms with van der Waals surface area (Å²) in [6, 6.07) is 20.0. The van der Waals surface area contributed by atoms with Crippen molar-refractivity contribution >= 4 is 22.6 Å². The van der Waals surface area contributed by atoms with E-state index in [9.17, 15) is 9.59 Å². The van der Waals surface area contributed by atoms with Crippen molar-refractivity contribution in [1.82, 2.24) is 0 Å². The zero-order valence-corrected chi connectivity index (χ0v) is 16.6. The number of anilines is 1. The second kappa shape index (κ2) is 7.40. The Hall–Kier alpha value is -3.66. The fraction of sp³-hybridized carbons (Fsp3) is 0.120. The average molecular weight is 383 g/mol. The van der Waals surface area contributed by atoms with Gasteiger partial charge in [-0.25, -0.2) is 0 Å². The molecule has 0 bridgehead atoms. The Kier molecular flexibility index (Phi) is 4.77. The lowest BCUT2D eigenvalue weighted by Gasteiger charge is -2.08. The zero-order chi connectivity index (χ0) is 20.5. The molecule has 4 heteroatoms. The van der Waals surface area contributed by atoms with Crippen molar-refractivity contribution in [2.24, 2.45) is 0 Å². The van der Waals surface area contributed by atoms with Crippen LogP contribution in [0, 0.1) is 20.8 Å². The molecule has 3 aromatic carbocycles. The van der Waals surface area contributed by atoms with Gasteiger partial charge in [-0.15, -0.1) is 0 Å². The quantitative estimate of drug-likeness (QED) is 0.498. The molecule has 1 heterocycles. The number of carbonyl (C=O) groups is 1. The summed E-state index contributed by atoms with van der Waals surface area (Å²) in [5.74, 6) is 0.300. The molecule has 0 aliphatic heterocycles. The molecule has 4 aromatic rings. The summed E-state index contributed by atoms with van der Waals surface area (Å²) in [4.78, 5) is 25.1. The predicted molar refractivity (Wildman–Crippen MR) is 117 cm³/mol. The van der Waals surface area contributed by atoms with Crippen LogP contribution in [0.1, 0.15) is 27.0 Å². The monoisotopic (exact) mass is 383 g/mol. The first-order chi connectivity index (χ1) is 13.9. The molecule has 0 aliphatic carbocycles. The Morgan fingerprint density at radius 3 is 2.34 bits per heavy atom. The van der Waals surface area contributed by atoms with Crippen LogP contribution in [0.15, 0.2) is 75.9 Å². The van der Waals surface area contributed by atoms with Crippen LogP contribution in [-0.4, -0.2) is 5.91 Å². The fourth-order valence-electron chi connectivity index (χ4n) is 3.46. The minimum atomic E-state index is -0.187. The van der Waals surface area contributed by atoms with E-state index in [1.54, 1.807) is 24.3 Å². The smallest absolute Gasteiger partial charge is 0.255 e. The molecule has 0 spiro atoms. The number of benzene rings is 3. The molecular weight excluding hydrogens is 362 g/mol. The van der Waals surface area contributed by atoms with Crippen molar-refractivity contribution in [1.29, 1.82) is 0 Å². The van der Waals surface area contributed by atoms with Crippen LogP contribution in [0.3, 0.4) is 0 Å². The maximum Gasteiger partial charge on any atom is 0.255 e. The predicted octanol–water partition coefficient (Wildman–Crippen LogP) is 5.64. The fourth-order valence-corrected chi connectivity index (χ4v) is 3.46. The molecule has 1 amide bonds. The van der Waals surface area contributed by atoms with E-state index < -0.39 is 0 Å². The Morgan fingerprint density at radius 2 is 1.62 bits per heavy atom. The molecular formula is C25H21NO3. The number of aryl methyl sites for hydroxylation is 3. The Balaban J connectivity index is 1.64. The highest BCUT2D eigenvalue weighted by atomic mass is 16.3.